The lowest BCUT2D eigenvalue weighted by Gasteiger charge is -2.32. The zero-order chi connectivity index (χ0) is 24.6. The fourth-order valence-corrected chi connectivity index (χ4v) is 4.21. The molecular weight excluding hydrogens is 433 g/mol. The van der Waals surface area contributed by atoms with Crippen LogP contribution in [0.2, 0.25) is 0 Å². The fourth-order valence-electron chi connectivity index (χ4n) is 4.21. The molecule has 0 aliphatic carbocycles. The van der Waals surface area contributed by atoms with E-state index in [-0.39, 0.29) is 36.6 Å². The highest BCUT2D eigenvalue weighted by molar-refractivity contribution is 6.26. The molecular formula is C27H28FN3O3. The molecule has 4 rings (SSSR count). The molecule has 0 bridgehead atoms. The zero-order valence-electron chi connectivity index (χ0n) is 19.8. The van der Waals surface area contributed by atoms with Crippen molar-refractivity contribution in [1.29, 1.82) is 0 Å². The number of nitrogens with one attached hydrogen (secondary N) is 1. The third-order valence-electron chi connectivity index (χ3n) is 5.87. The minimum Gasteiger partial charge on any atom is -0.350 e. The van der Waals surface area contributed by atoms with Gasteiger partial charge in [-0.1, -0.05) is 36.4 Å². The molecule has 1 heterocycles. The van der Waals surface area contributed by atoms with Crippen LogP contribution in [0.15, 0.2) is 60.7 Å². The summed E-state index contributed by atoms with van der Waals surface area (Å²) < 4.78 is 13.4. The lowest BCUT2D eigenvalue weighted by atomic mass is 10.1. The second-order valence-electron chi connectivity index (χ2n) is 9.64. The molecule has 0 fully saturated rings. The molecule has 1 N–H and O–H groups in total. The van der Waals surface area contributed by atoms with Gasteiger partial charge in [-0.2, -0.15) is 0 Å². The molecule has 3 aromatic rings. The van der Waals surface area contributed by atoms with Gasteiger partial charge in [0, 0.05) is 23.0 Å². The summed E-state index contributed by atoms with van der Waals surface area (Å²) >= 11 is 0. The van der Waals surface area contributed by atoms with Gasteiger partial charge in [-0.05, 0) is 62.9 Å². The molecule has 34 heavy (non-hydrogen) atoms. The zero-order valence-corrected chi connectivity index (χ0v) is 19.8. The van der Waals surface area contributed by atoms with Gasteiger partial charge in [-0.15, -0.1) is 0 Å². The first-order valence-corrected chi connectivity index (χ1v) is 11.2. The molecule has 0 aromatic heterocycles. The van der Waals surface area contributed by atoms with Crippen LogP contribution in [0.25, 0.3) is 10.8 Å². The molecule has 6 nitrogen and oxygen atoms in total. The second-order valence-corrected chi connectivity index (χ2v) is 9.64. The standard InChI is InChI=1S/C27H28FN3O3/c1-17(25(33)29-27(2,3)4)30(15-18-11-13-20(28)14-12-18)23(32)16-31-22-10-6-8-19-7-5-9-21(24(19)22)26(31)34/h5-14,17H,15-16H2,1-4H3,(H,29,33)/t17-/m1/s1. The van der Waals surface area contributed by atoms with E-state index in [1.165, 1.54) is 21.9 Å². The number of rotatable bonds is 6. The summed E-state index contributed by atoms with van der Waals surface area (Å²) in [5, 5.41) is 4.66. The maximum Gasteiger partial charge on any atom is 0.259 e. The third kappa shape index (κ3) is 4.64. The van der Waals surface area contributed by atoms with Gasteiger partial charge in [0.1, 0.15) is 18.4 Å². The normalized spacial score (nSPS) is 13.8. The second kappa shape index (κ2) is 8.89. The Balaban J connectivity index is 1.63. The monoisotopic (exact) mass is 461 g/mol. The minimum absolute atomic E-state index is 0.108. The van der Waals surface area contributed by atoms with Crippen LogP contribution < -0.4 is 10.2 Å². The third-order valence-corrected chi connectivity index (χ3v) is 5.87. The molecule has 0 saturated carbocycles. The number of halogens is 1. The van der Waals surface area contributed by atoms with Crippen LogP contribution in [0.1, 0.15) is 43.6 Å². The van der Waals surface area contributed by atoms with Crippen LogP contribution in [0.5, 0.6) is 0 Å². The van der Waals surface area contributed by atoms with E-state index in [2.05, 4.69) is 5.32 Å². The van der Waals surface area contributed by atoms with Crippen molar-refractivity contribution in [3.63, 3.8) is 0 Å². The molecule has 3 aromatic carbocycles. The lowest BCUT2D eigenvalue weighted by molar-refractivity contribution is -0.140. The number of hydrogen-bond acceptors (Lipinski definition) is 3. The van der Waals surface area contributed by atoms with E-state index in [1.54, 1.807) is 25.1 Å². The summed E-state index contributed by atoms with van der Waals surface area (Å²) in [6, 6.07) is 16.1. The Morgan fingerprint density at radius 2 is 1.68 bits per heavy atom. The summed E-state index contributed by atoms with van der Waals surface area (Å²) in [7, 11) is 0. The van der Waals surface area contributed by atoms with Gasteiger partial charge >= 0.3 is 0 Å². The fraction of sp³-hybridized carbons (Fsp3) is 0.296. The number of amides is 3. The van der Waals surface area contributed by atoms with Gasteiger partial charge in [0.15, 0.2) is 0 Å². The van der Waals surface area contributed by atoms with Gasteiger partial charge < -0.3 is 10.2 Å². The molecule has 0 unspecified atom stereocenters. The van der Waals surface area contributed by atoms with Crippen LogP contribution in [-0.2, 0) is 16.1 Å². The summed E-state index contributed by atoms with van der Waals surface area (Å²) in [4.78, 5) is 42.6. The van der Waals surface area contributed by atoms with Crippen molar-refractivity contribution in [2.75, 3.05) is 11.4 Å². The molecule has 1 aliphatic heterocycles. The highest BCUT2D eigenvalue weighted by Gasteiger charge is 2.34. The molecule has 176 valence electrons. The lowest BCUT2D eigenvalue weighted by Crippen LogP contribution is -2.54. The van der Waals surface area contributed by atoms with E-state index in [1.807, 2.05) is 51.1 Å². The number of anilines is 1. The van der Waals surface area contributed by atoms with E-state index < -0.39 is 11.6 Å². The van der Waals surface area contributed by atoms with Crippen molar-refractivity contribution >= 4 is 34.2 Å². The first kappa shape index (κ1) is 23.4. The van der Waals surface area contributed by atoms with Crippen molar-refractivity contribution in [3.8, 4) is 0 Å². The summed E-state index contributed by atoms with van der Waals surface area (Å²) in [6.45, 7) is 7.15. The van der Waals surface area contributed by atoms with Crippen LogP contribution in [0, 0.1) is 5.82 Å². The number of hydrogen-bond donors (Lipinski definition) is 1. The molecule has 0 radical (unpaired) electrons. The smallest absolute Gasteiger partial charge is 0.259 e. The predicted octanol–water partition coefficient (Wildman–Crippen LogP) is 4.27. The van der Waals surface area contributed by atoms with E-state index in [4.69, 9.17) is 0 Å². The molecule has 0 saturated heterocycles. The first-order valence-electron chi connectivity index (χ1n) is 11.2. The van der Waals surface area contributed by atoms with Crippen molar-refractivity contribution in [1.82, 2.24) is 10.2 Å². The largest absolute Gasteiger partial charge is 0.350 e. The van der Waals surface area contributed by atoms with Crippen molar-refractivity contribution in [2.45, 2.75) is 45.8 Å². The molecule has 1 atom stereocenters. The Morgan fingerprint density at radius 3 is 2.32 bits per heavy atom. The van der Waals surface area contributed by atoms with Crippen LogP contribution >= 0.6 is 0 Å². The van der Waals surface area contributed by atoms with Crippen LogP contribution in [0.3, 0.4) is 0 Å². The van der Waals surface area contributed by atoms with E-state index in [9.17, 15) is 18.8 Å². The maximum atomic E-state index is 13.6. The minimum atomic E-state index is -0.798. The number of benzene rings is 3. The van der Waals surface area contributed by atoms with E-state index in [0.29, 0.717) is 16.8 Å². The number of carbonyl (C=O) groups excluding carboxylic acids is 3. The average molecular weight is 462 g/mol. The van der Waals surface area contributed by atoms with E-state index in [0.717, 1.165) is 10.8 Å². The summed E-state index contributed by atoms with van der Waals surface area (Å²) in [5.41, 5.74) is 1.45. The summed E-state index contributed by atoms with van der Waals surface area (Å²) in [6.07, 6.45) is 0. The van der Waals surface area contributed by atoms with E-state index >= 15 is 0 Å². The first-order chi connectivity index (χ1) is 16.0. The van der Waals surface area contributed by atoms with Crippen LogP contribution in [-0.4, -0.2) is 40.7 Å². The van der Waals surface area contributed by atoms with Gasteiger partial charge in [0.05, 0.1) is 5.69 Å². The van der Waals surface area contributed by atoms with Gasteiger partial charge in [-0.25, -0.2) is 4.39 Å². The Morgan fingerprint density at radius 1 is 1.03 bits per heavy atom. The SMILES string of the molecule is C[C@H](C(=O)NC(C)(C)C)N(Cc1ccc(F)cc1)C(=O)CN1C(=O)c2cccc3cccc1c23. The van der Waals surface area contributed by atoms with Crippen LogP contribution in [0.4, 0.5) is 10.1 Å². The quantitative estimate of drug-likeness (QED) is 0.596. The molecule has 7 heteroatoms. The maximum absolute atomic E-state index is 13.6. The molecule has 3 amide bonds. The number of carbonyl (C=O) groups is 3. The van der Waals surface area contributed by atoms with Gasteiger partial charge in [-0.3, -0.25) is 19.3 Å². The Kier molecular flexibility index (Phi) is 6.13. The topological polar surface area (TPSA) is 69.7 Å². The summed E-state index contributed by atoms with van der Waals surface area (Å²) in [5.74, 6) is -1.30. The average Bonchev–Trinajstić information content (AvgIpc) is 3.05. The molecule has 1 aliphatic rings. The Labute approximate surface area is 198 Å². The highest BCUT2D eigenvalue weighted by Crippen LogP contribution is 2.37. The molecule has 0 spiro atoms. The Hall–Kier alpha value is -3.74. The van der Waals surface area contributed by atoms with Gasteiger partial charge in [0.25, 0.3) is 5.91 Å². The van der Waals surface area contributed by atoms with Crippen molar-refractivity contribution in [2.24, 2.45) is 0 Å². The van der Waals surface area contributed by atoms with Crippen molar-refractivity contribution in [3.05, 3.63) is 77.6 Å². The predicted molar refractivity (Wildman–Crippen MR) is 130 cm³/mol. The Bertz CT molecular complexity index is 1260. The van der Waals surface area contributed by atoms with Crippen molar-refractivity contribution < 1.29 is 18.8 Å². The number of nitrogens with zero attached hydrogens (tertiary/aromatic N) is 2. The highest BCUT2D eigenvalue weighted by atomic mass is 19.1. The van der Waals surface area contributed by atoms with Gasteiger partial charge in [0.2, 0.25) is 11.8 Å².